The number of rotatable bonds is 5. The molecule has 0 aromatic carbocycles. The Bertz CT molecular complexity index is 496. The van der Waals surface area contributed by atoms with Crippen LogP contribution in [0.5, 0.6) is 0 Å². The smallest absolute Gasteiger partial charge is 0.140 e. The Labute approximate surface area is 113 Å². The molecule has 1 aromatic heterocycles. The highest BCUT2D eigenvalue weighted by Crippen LogP contribution is 2.32. The van der Waals surface area contributed by atoms with E-state index in [4.69, 9.17) is 15.9 Å². The summed E-state index contributed by atoms with van der Waals surface area (Å²) in [5.41, 5.74) is 8.22. The predicted octanol–water partition coefficient (Wildman–Crippen LogP) is 1.68. The minimum absolute atomic E-state index is 0.284. The molecule has 0 amide bonds. The highest BCUT2D eigenvalue weighted by atomic mass is 16.4. The molecule has 1 aromatic rings. The zero-order chi connectivity index (χ0) is 13.2. The molecule has 1 saturated carbocycles. The number of nitrogens with zero attached hydrogens (tertiary/aromatic N) is 3. The van der Waals surface area contributed by atoms with Crippen molar-refractivity contribution >= 4 is 11.7 Å². The molecule has 1 heterocycles. The number of amidine groups is 1. The van der Waals surface area contributed by atoms with Crippen LogP contribution < -0.4 is 10.6 Å². The second kappa shape index (κ2) is 5.07. The van der Waals surface area contributed by atoms with Gasteiger partial charge in [0.05, 0.1) is 0 Å². The number of fused-ring (bicyclic) bond motifs is 1. The summed E-state index contributed by atoms with van der Waals surface area (Å²) in [4.78, 5) is 7.10. The molecule has 0 radical (unpaired) electrons. The van der Waals surface area contributed by atoms with Crippen LogP contribution in [0.4, 0.5) is 5.82 Å². The Hall–Kier alpha value is -1.78. The van der Waals surface area contributed by atoms with Gasteiger partial charge in [0.15, 0.2) is 0 Å². The average Bonchev–Trinajstić information content (AvgIpc) is 3.15. The number of oxime groups is 1. The van der Waals surface area contributed by atoms with E-state index >= 15 is 0 Å². The van der Waals surface area contributed by atoms with Crippen molar-refractivity contribution in [2.24, 2.45) is 10.9 Å². The van der Waals surface area contributed by atoms with Gasteiger partial charge in [0.2, 0.25) is 0 Å². The summed E-state index contributed by atoms with van der Waals surface area (Å²) < 4.78 is 0. The van der Waals surface area contributed by atoms with E-state index in [2.05, 4.69) is 22.2 Å². The number of aryl methyl sites for hydroxylation is 2. The summed E-state index contributed by atoms with van der Waals surface area (Å²) in [5, 5.41) is 11.7. The SMILES string of the molecule is N/C(CCN(c1ccc2c(n1)CCC2)C1CC1)=N/O. The minimum Gasteiger partial charge on any atom is -0.409 e. The van der Waals surface area contributed by atoms with Crippen LogP contribution in [0.1, 0.15) is 36.9 Å². The van der Waals surface area contributed by atoms with Crippen LogP contribution in [0.25, 0.3) is 0 Å². The first-order valence-corrected chi connectivity index (χ1v) is 7.00. The first-order valence-electron chi connectivity index (χ1n) is 7.00. The normalized spacial score (nSPS) is 18.4. The fourth-order valence-corrected chi connectivity index (χ4v) is 2.72. The first kappa shape index (κ1) is 12.3. The summed E-state index contributed by atoms with van der Waals surface area (Å²) in [7, 11) is 0. The van der Waals surface area contributed by atoms with Crippen molar-refractivity contribution in [1.29, 1.82) is 0 Å². The minimum atomic E-state index is 0.284. The van der Waals surface area contributed by atoms with Crippen LogP contribution in [0.15, 0.2) is 17.3 Å². The number of hydrogen-bond donors (Lipinski definition) is 2. The average molecular weight is 260 g/mol. The van der Waals surface area contributed by atoms with Crippen LogP contribution >= 0.6 is 0 Å². The fraction of sp³-hybridized carbons (Fsp3) is 0.571. The van der Waals surface area contributed by atoms with Gasteiger partial charge >= 0.3 is 0 Å². The maximum absolute atomic E-state index is 8.63. The Morgan fingerprint density at radius 1 is 1.42 bits per heavy atom. The molecule has 3 N–H and O–H groups in total. The number of anilines is 1. The lowest BCUT2D eigenvalue weighted by atomic mass is 10.2. The number of nitrogens with two attached hydrogens (primary N) is 1. The molecule has 2 aliphatic rings. The lowest BCUT2D eigenvalue weighted by molar-refractivity contribution is 0.317. The highest BCUT2D eigenvalue weighted by Gasteiger charge is 2.30. The van der Waals surface area contributed by atoms with Crippen molar-refractivity contribution in [1.82, 2.24) is 4.98 Å². The molecular weight excluding hydrogens is 240 g/mol. The number of aromatic nitrogens is 1. The van der Waals surface area contributed by atoms with Crippen molar-refractivity contribution in [3.63, 3.8) is 0 Å². The van der Waals surface area contributed by atoms with Crippen molar-refractivity contribution in [2.45, 2.75) is 44.6 Å². The van der Waals surface area contributed by atoms with Crippen molar-refractivity contribution in [3.8, 4) is 0 Å². The van der Waals surface area contributed by atoms with E-state index in [0.29, 0.717) is 12.5 Å². The third-order valence-corrected chi connectivity index (χ3v) is 3.93. The molecule has 0 bridgehead atoms. The van der Waals surface area contributed by atoms with Gasteiger partial charge in [0, 0.05) is 24.7 Å². The van der Waals surface area contributed by atoms with Crippen molar-refractivity contribution in [3.05, 3.63) is 23.4 Å². The zero-order valence-corrected chi connectivity index (χ0v) is 11.0. The Morgan fingerprint density at radius 3 is 3.00 bits per heavy atom. The largest absolute Gasteiger partial charge is 0.409 e. The van der Waals surface area contributed by atoms with Crippen molar-refractivity contribution < 1.29 is 5.21 Å². The van der Waals surface area contributed by atoms with Gasteiger partial charge in [-0.15, -0.1) is 0 Å². The van der Waals surface area contributed by atoms with E-state index < -0.39 is 0 Å². The molecule has 2 aliphatic carbocycles. The maximum Gasteiger partial charge on any atom is 0.140 e. The van der Waals surface area contributed by atoms with Gasteiger partial charge in [-0.05, 0) is 43.7 Å². The maximum atomic E-state index is 8.63. The van der Waals surface area contributed by atoms with Crippen LogP contribution in [0.3, 0.4) is 0 Å². The standard InChI is InChI=1S/C14H20N4O/c15-13(17-19)8-9-18(11-5-6-11)14-7-4-10-2-1-3-12(10)16-14/h4,7,11,19H,1-3,5-6,8-9H2,(H2,15,17). The number of hydrogen-bond acceptors (Lipinski definition) is 4. The topological polar surface area (TPSA) is 74.7 Å². The van der Waals surface area contributed by atoms with Crippen LogP contribution in [-0.4, -0.2) is 28.6 Å². The van der Waals surface area contributed by atoms with E-state index in [1.54, 1.807) is 0 Å². The molecule has 0 aliphatic heterocycles. The van der Waals surface area contributed by atoms with Gasteiger partial charge in [-0.25, -0.2) is 4.98 Å². The summed E-state index contributed by atoms with van der Waals surface area (Å²) in [5.74, 6) is 1.33. The third-order valence-electron chi connectivity index (χ3n) is 3.93. The van der Waals surface area contributed by atoms with Gasteiger partial charge in [-0.2, -0.15) is 0 Å². The summed E-state index contributed by atoms with van der Waals surface area (Å²) in [6.07, 6.45) is 6.49. The van der Waals surface area contributed by atoms with Gasteiger partial charge in [0.1, 0.15) is 11.7 Å². The van der Waals surface area contributed by atoms with E-state index in [1.807, 2.05) is 0 Å². The predicted molar refractivity (Wildman–Crippen MR) is 74.7 cm³/mol. The zero-order valence-electron chi connectivity index (χ0n) is 11.0. The Kier molecular flexibility index (Phi) is 3.27. The summed E-state index contributed by atoms with van der Waals surface area (Å²) in [6, 6.07) is 4.91. The Balaban J connectivity index is 1.76. The summed E-state index contributed by atoms with van der Waals surface area (Å²) >= 11 is 0. The van der Waals surface area contributed by atoms with Crippen LogP contribution in [-0.2, 0) is 12.8 Å². The van der Waals surface area contributed by atoms with E-state index in [9.17, 15) is 0 Å². The van der Waals surface area contributed by atoms with E-state index in [-0.39, 0.29) is 5.84 Å². The lowest BCUT2D eigenvalue weighted by Crippen LogP contribution is -2.31. The third kappa shape index (κ3) is 2.64. The Morgan fingerprint density at radius 2 is 2.26 bits per heavy atom. The summed E-state index contributed by atoms with van der Waals surface area (Å²) in [6.45, 7) is 0.770. The second-order valence-electron chi connectivity index (χ2n) is 5.39. The van der Waals surface area contributed by atoms with Crippen LogP contribution in [0.2, 0.25) is 0 Å². The second-order valence-corrected chi connectivity index (χ2v) is 5.39. The molecule has 0 unspecified atom stereocenters. The molecule has 5 heteroatoms. The lowest BCUT2D eigenvalue weighted by Gasteiger charge is -2.23. The molecule has 0 spiro atoms. The molecule has 0 atom stereocenters. The van der Waals surface area contributed by atoms with Gasteiger partial charge in [-0.1, -0.05) is 11.2 Å². The molecular formula is C14H20N4O. The molecule has 1 fully saturated rings. The van der Waals surface area contributed by atoms with Gasteiger partial charge in [0.25, 0.3) is 0 Å². The van der Waals surface area contributed by atoms with E-state index in [1.165, 1.54) is 30.5 Å². The molecule has 19 heavy (non-hydrogen) atoms. The van der Waals surface area contributed by atoms with Gasteiger partial charge < -0.3 is 15.8 Å². The quantitative estimate of drug-likeness (QED) is 0.365. The molecule has 0 saturated heterocycles. The molecule has 5 nitrogen and oxygen atoms in total. The van der Waals surface area contributed by atoms with E-state index in [0.717, 1.165) is 25.2 Å². The monoisotopic (exact) mass is 260 g/mol. The van der Waals surface area contributed by atoms with Crippen molar-refractivity contribution in [2.75, 3.05) is 11.4 Å². The van der Waals surface area contributed by atoms with Crippen LogP contribution in [0, 0.1) is 0 Å². The van der Waals surface area contributed by atoms with Gasteiger partial charge in [-0.3, -0.25) is 0 Å². The molecule has 3 rings (SSSR count). The fourth-order valence-electron chi connectivity index (χ4n) is 2.72. The molecule has 102 valence electrons. The number of pyridine rings is 1. The highest BCUT2D eigenvalue weighted by molar-refractivity contribution is 5.80. The first-order chi connectivity index (χ1) is 9.28.